The molecule has 7 heteroatoms. The second-order valence-corrected chi connectivity index (χ2v) is 7.00. The van der Waals surface area contributed by atoms with Crippen LogP contribution < -0.4 is 10.6 Å². The predicted octanol–water partition coefficient (Wildman–Crippen LogP) is 2.80. The van der Waals surface area contributed by atoms with Crippen molar-refractivity contribution in [3.63, 3.8) is 0 Å². The molecule has 2 heterocycles. The Morgan fingerprint density at radius 2 is 2.04 bits per heavy atom. The molecule has 136 valence electrons. The van der Waals surface area contributed by atoms with E-state index in [1.807, 2.05) is 47.4 Å². The van der Waals surface area contributed by atoms with Crippen molar-refractivity contribution < 1.29 is 0 Å². The van der Waals surface area contributed by atoms with Gasteiger partial charge in [0.15, 0.2) is 5.96 Å². The van der Waals surface area contributed by atoms with Gasteiger partial charge in [0, 0.05) is 30.9 Å². The van der Waals surface area contributed by atoms with Gasteiger partial charge in [-0.15, -0.1) is 11.3 Å². The second kappa shape index (κ2) is 9.15. The fraction of sp³-hybridized carbons (Fsp3) is 0.316. The highest BCUT2D eigenvalue weighted by Crippen LogP contribution is 2.12. The molecule has 3 rings (SSSR count). The van der Waals surface area contributed by atoms with Crippen LogP contribution in [0.2, 0.25) is 0 Å². The predicted molar refractivity (Wildman–Crippen MR) is 107 cm³/mol. The molecule has 0 spiro atoms. The van der Waals surface area contributed by atoms with Crippen molar-refractivity contribution in [3.05, 3.63) is 64.4 Å². The molecule has 26 heavy (non-hydrogen) atoms. The Labute approximate surface area is 158 Å². The third-order valence-corrected chi connectivity index (χ3v) is 5.09. The van der Waals surface area contributed by atoms with Gasteiger partial charge in [0.05, 0.1) is 18.4 Å². The van der Waals surface area contributed by atoms with E-state index in [4.69, 9.17) is 0 Å². The summed E-state index contributed by atoms with van der Waals surface area (Å²) in [5, 5.41) is 12.1. The summed E-state index contributed by atoms with van der Waals surface area (Å²) in [6, 6.07) is 10.1. The Morgan fingerprint density at radius 1 is 1.19 bits per heavy atom. The lowest BCUT2D eigenvalue weighted by Gasteiger charge is -2.10. The van der Waals surface area contributed by atoms with Gasteiger partial charge in [-0.3, -0.25) is 4.99 Å². The fourth-order valence-corrected chi connectivity index (χ4v) is 3.31. The van der Waals surface area contributed by atoms with Crippen LogP contribution in [0.25, 0.3) is 5.69 Å². The molecule has 6 nitrogen and oxygen atoms in total. The van der Waals surface area contributed by atoms with E-state index in [2.05, 4.69) is 38.8 Å². The second-order valence-electron chi connectivity index (χ2n) is 5.81. The van der Waals surface area contributed by atoms with Gasteiger partial charge < -0.3 is 10.6 Å². The summed E-state index contributed by atoms with van der Waals surface area (Å²) in [5.74, 6) is 0.786. The molecule has 0 saturated heterocycles. The number of hydrogen-bond acceptors (Lipinski definition) is 4. The lowest BCUT2D eigenvalue weighted by molar-refractivity contribution is 0.791. The number of rotatable bonds is 7. The molecule has 0 amide bonds. The molecule has 0 aliphatic rings. The van der Waals surface area contributed by atoms with E-state index in [1.165, 1.54) is 10.4 Å². The average molecular weight is 369 g/mol. The molecule has 0 radical (unpaired) electrons. The van der Waals surface area contributed by atoms with Gasteiger partial charge in [0.25, 0.3) is 0 Å². The van der Waals surface area contributed by atoms with Crippen LogP contribution in [0.15, 0.2) is 53.9 Å². The first-order chi connectivity index (χ1) is 12.8. The molecule has 0 aliphatic heterocycles. The van der Waals surface area contributed by atoms with E-state index < -0.39 is 0 Å². The van der Waals surface area contributed by atoms with Crippen LogP contribution in [-0.4, -0.2) is 34.3 Å². The fourth-order valence-electron chi connectivity index (χ4n) is 2.51. The summed E-state index contributed by atoms with van der Waals surface area (Å²) in [4.78, 5) is 9.99. The van der Waals surface area contributed by atoms with Crippen molar-refractivity contribution in [2.45, 2.75) is 26.3 Å². The number of nitrogens with zero attached hydrogens (tertiary/aromatic N) is 4. The number of nitrogens with one attached hydrogen (secondary N) is 2. The molecular weight excluding hydrogens is 344 g/mol. The summed E-state index contributed by atoms with van der Waals surface area (Å²) in [6.07, 6.45) is 7.83. The highest BCUT2D eigenvalue weighted by atomic mass is 32.1. The van der Waals surface area contributed by atoms with Gasteiger partial charge in [-0.2, -0.15) is 5.10 Å². The summed E-state index contributed by atoms with van der Waals surface area (Å²) in [7, 11) is 1.78. The molecule has 3 aromatic rings. The first-order valence-corrected chi connectivity index (χ1v) is 9.57. The maximum absolute atomic E-state index is 4.43. The Kier molecular flexibility index (Phi) is 6.38. The standard InChI is InChI=1S/C19H24N6S/c1-3-17-12-22-18(26-17)13-23-19(20-2)21-10-9-15-11-24-25(14-15)16-7-5-4-6-8-16/h4-8,11-12,14H,3,9-10,13H2,1-2H3,(H2,20,21,23). The number of hydrogen-bond donors (Lipinski definition) is 2. The van der Waals surface area contributed by atoms with Crippen molar-refractivity contribution >= 4 is 17.3 Å². The molecule has 2 aromatic heterocycles. The molecule has 0 unspecified atom stereocenters. The smallest absolute Gasteiger partial charge is 0.191 e. The zero-order chi connectivity index (χ0) is 18.2. The van der Waals surface area contributed by atoms with Crippen LogP contribution in [-0.2, 0) is 19.4 Å². The summed E-state index contributed by atoms with van der Waals surface area (Å²) in [6.45, 7) is 3.62. The molecule has 1 aromatic carbocycles. The van der Waals surface area contributed by atoms with Crippen molar-refractivity contribution in [1.82, 2.24) is 25.4 Å². The minimum Gasteiger partial charge on any atom is -0.356 e. The van der Waals surface area contributed by atoms with E-state index in [1.54, 1.807) is 18.4 Å². The first kappa shape index (κ1) is 18.1. The minimum atomic E-state index is 0.691. The Balaban J connectivity index is 1.45. The number of guanidine groups is 1. The van der Waals surface area contributed by atoms with Gasteiger partial charge in [-0.25, -0.2) is 9.67 Å². The zero-order valence-electron chi connectivity index (χ0n) is 15.1. The summed E-state index contributed by atoms with van der Waals surface area (Å²) < 4.78 is 1.90. The minimum absolute atomic E-state index is 0.691. The highest BCUT2D eigenvalue weighted by Gasteiger charge is 2.04. The number of aromatic nitrogens is 3. The lowest BCUT2D eigenvalue weighted by Crippen LogP contribution is -2.37. The Bertz CT molecular complexity index is 837. The highest BCUT2D eigenvalue weighted by molar-refractivity contribution is 7.11. The van der Waals surface area contributed by atoms with Crippen molar-refractivity contribution in [2.24, 2.45) is 4.99 Å². The van der Waals surface area contributed by atoms with Crippen molar-refractivity contribution in [1.29, 1.82) is 0 Å². The van der Waals surface area contributed by atoms with Gasteiger partial charge in [-0.05, 0) is 30.5 Å². The maximum Gasteiger partial charge on any atom is 0.191 e. The molecule has 0 atom stereocenters. The van der Waals surface area contributed by atoms with E-state index in [0.717, 1.165) is 36.0 Å². The molecule has 0 bridgehead atoms. The molecular formula is C19H24N6S. The monoisotopic (exact) mass is 368 g/mol. The van der Waals surface area contributed by atoms with Gasteiger partial charge in [-0.1, -0.05) is 25.1 Å². The van der Waals surface area contributed by atoms with Crippen LogP contribution in [0.1, 0.15) is 22.4 Å². The molecule has 2 N–H and O–H groups in total. The quantitative estimate of drug-likeness (QED) is 0.497. The summed E-state index contributed by atoms with van der Waals surface area (Å²) in [5.41, 5.74) is 2.25. The molecule has 0 saturated carbocycles. The number of thiazole rings is 1. The third-order valence-electron chi connectivity index (χ3n) is 3.94. The number of para-hydroxylation sites is 1. The normalized spacial score (nSPS) is 11.5. The summed E-state index contributed by atoms with van der Waals surface area (Å²) >= 11 is 1.74. The number of aryl methyl sites for hydroxylation is 1. The SMILES string of the molecule is CCc1cnc(CNC(=NC)NCCc2cnn(-c3ccccc3)c2)s1. The van der Waals surface area contributed by atoms with E-state index in [9.17, 15) is 0 Å². The zero-order valence-corrected chi connectivity index (χ0v) is 16.0. The topological polar surface area (TPSA) is 67.1 Å². The first-order valence-electron chi connectivity index (χ1n) is 8.75. The molecule has 0 fully saturated rings. The lowest BCUT2D eigenvalue weighted by atomic mass is 10.2. The van der Waals surface area contributed by atoms with Crippen LogP contribution >= 0.6 is 11.3 Å². The van der Waals surface area contributed by atoms with E-state index in [0.29, 0.717) is 6.54 Å². The van der Waals surface area contributed by atoms with E-state index in [-0.39, 0.29) is 0 Å². The third kappa shape index (κ3) is 4.92. The van der Waals surface area contributed by atoms with Gasteiger partial charge >= 0.3 is 0 Å². The largest absolute Gasteiger partial charge is 0.356 e. The maximum atomic E-state index is 4.43. The van der Waals surface area contributed by atoms with E-state index >= 15 is 0 Å². The number of benzene rings is 1. The van der Waals surface area contributed by atoms with Crippen molar-refractivity contribution in [2.75, 3.05) is 13.6 Å². The van der Waals surface area contributed by atoms with Gasteiger partial charge in [0.1, 0.15) is 5.01 Å². The van der Waals surface area contributed by atoms with Crippen LogP contribution in [0.3, 0.4) is 0 Å². The van der Waals surface area contributed by atoms with Crippen molar-refractivity contribution in [3.8, 4) is 5.69 Å². The van der Waals surface area contributed by atoms with Crippen LogP contribution in [0.4, 0.5) is 0 Å². The number of aliphatic imine (C=N–C) groups is 1. The molecule has 0 aliphatic carbocycles. The van der Waals surface area contributed by atoms with Crippen LogP contribution in [0, 0.1) is 0 Å². The van der Waals surface area contributed by atoms with Crippen LogP contribution in [0.5, 0.6) is 0 Å². The average Bonchev–Trinajstić information content (AvgIpc) is 3.34. The van der Waals surface area contributed by atoms with Gasteiger partial charge in [0.2, 0.25) is 0 Å². The Hall–Kier alpha value is -2.67. The Morgan fingerprint density at radius 3 is 2.77 bits per heavy atom.